The van der Waals surface area contributed by atoms with Crippen molar-refractivity contribution < 1.29 is 10.1 Å². The van der Waals surface area contributed by atoms with Crippen molar-refractivity contribution in [3.05, 3.63) is 34.2 Å². The molecule has 1 N–H and O–H groups in total. The number of rotatable bonds is 1. The summed E-state index contributed by atoms with van der Waals surface area (Å²) in [4.78, 5) is 10.6. The van der Waals surface area contributed by atoms with Crippen LogP contribution < -0.4 is 0 Å². The molecule has 76 valence electrons. The Labute approximate surface area is 83.9 Å². The van der Waals surface area contributed by atoms with E-state index in [4.69, 9.17) is 5.21 Å². The Bertz CT molecular complexity index is 364. The third-order valence-corrected chi connectivity index (χ3v) is 2.25. The van der Waals surface area contributed by atoms with Crippen molar-refractivity contribution in [3.8, 4) is 0 Å². The molecule has 0 heterocycles. The van der Waals surface area contributed by atoms with Crippen LogP contribution in [0.5, 0.6) is 0 Å². The van der Waals surface area contributed by atoms with Crippen LogP contribution in [0.15, 0.2) is 18.2 Å². The summed E-state index contributed by atoms with van der Waals surface area (Å²) in [6.45, 7) is 8.22. The van der Waals surface area contributed by atoms with E-state index in [9.17, 15) is 4.91 Å². The third kappa shape index (κ3) is 2.10. The molecule has 0 saturated carbocycles. The molecule has 0 aliphatic carbocycles. The molecule has 0 aromatic heterocycles. The molecule has 0 aliphatic rings. The summed E-state index contributed by atoms with van der Waals surface area (Å²) in [5.41, 5.74) is 2.46. The summed E-state index contributed by atoms with van der Waals surface area (Å²) in [7, 11) is 0. The third-order valence-electron chi connectivity index (χ3n) is 2.25. The van der Waals surface area contributed by atoms with Gasteiger partial charge in [-0.2, -0.15) is 0 Å². The predicted octanol–water partition coefficient (Wildman–Crippen LogP) is 3.09. The fourth-order valence-corrected chi connectivity index (χ4v) is 1.54. The molecule has 14 heavy (non-hydrogen) atoms. The van der Waals surface area contributed by atoms with Gasteiger partial charge >= 0.3 is 5.69 Å². The van der Waals surface area contributed by atoms with Crippen LogP contribution in [0.2, 0.25) is 0 Å². The summed E-state index contributed by atoms with van der Waals surface area (Å²) in [5.74, 6) is 0. The van der Waals surface area contributed by atoms with E-state index < -0.39 is 0 Å². The van der Waals surface area contributed by atoms with Crippen molar-refractivity contribution in [2.45, 2.75) is 33.1 Å². The average molecular weight is 194 g/mol. The Morgan fingerprint density at radius 1 is 1.29 bits per heavy atom. The number of benzene rings is 1. The fourth-order valence-electron chi connectivity index (χ4n) is 1.54. The largest absolute Gasteiger partial charge is 0.316 e. The Kier molecular flexibility index (Phi) is 2.60. The summed E-state index contributed by atoms with van der Waals surface area (Å²) in [6.07, 6.45) is 0. The van der Waals surface area contributed by atoms with Crippen LogP contribution in [-0.2, 0) is 5.41 Å². The van der Waals surface area contributed by atoms with Gasteiger partial charge in [-0.1, -0.05) is 26.8 Å². The first-order valence-electron chi connectivity index (χ1n) is 4.59. The first-order valence-corrected chi connectivity index (χ1v) is 4.59. The highest BCUT2D eigenvalue weighted by atomic mass is 16.6. The first kappa shape index (κ1) is 10.7. The SMILES string of the molecule is Cc1ccc([N+](=O)O)cc1C(C)(C)C. The minimum Gasteiger partial charge on any atom is -0.241 e. The summed E-state index contributed by atoms with van der Waals surface area (Å²) in [6, 6.07) is 5.18. The van der Waals surface area contributed by atoms with Gasteiger partial charge in [0.25, 0.3) is 4.92 Å². The quantitative estimate of drug-likeness (QED) is 0.698. The van der Waals surface area contributed by atoms with E-state index in [-0.39, 0.29) is 16.0 Å². The van der Waals surface area contributed by atoms with E-state index in [2.05, 4.69) is 20.8 Å². The van der Waals surface area contributed by atoms with E-state index in [1.165, 1.54) is 0 Å². The summed E-state index contributed by atoms with van der Waals surface area (Å²) >= 11 is 0. The first-order chi connectivity index (χ1) is 6.32. The molecule has 0 amide bonds. The Hall–Kier alpha value is -1.38. The number of nitrogens with zero attached hydrogens (tertiary/aromatic N) is 1. The zero-order chi connectivity index (χ0) is 10.9. The van der Waals surface area contributed by atoms with Crippen molar-refractivity contribution in [2.75, 3.05) is 0 Å². The van der Waals surface area contributed by atoms with Gasteiger partial charge in [0, 0.05) is 12.1 Å². The topological polar surface area (TPSA) is 40.3 Å². The molecular formula is C11H16NO2+. The molecule has 0 aliphatic heterocycles. The molecule has 0 bridgehead atoms. The monoisotopic (exact) mass is 194 g/mol. The van der Waals surface area contributed by atoms with Crippen LogP contribution in [0.3, 0.4) is 0 Å². The zero-order valence-corrected chi connectivity index (χ0v) is 9.03. The summed E-state index contributed by atoms with van der Waals surface area (Å²) in [5, 5.41) is 8.78. The highest BCUT2D eigenvalue weighted by Crippen LogP contribution is 2.28. The predicted molar refractivity (Wildman–Crippen MR) is 55.0 cm³/mol. The van der Waals surface area contributed by atoms with Crippen molar-refractivity contribution in [1.82, 2.24) is 0 Å². The lowest BCUT2D eigenvalue weighted by Gasteiger charge is -2.20. The lowest BCUT2D eigenvalue weighted by molar-refractivity contribution is -0.729. The second-order valence-corrected chi connectivity index (χ2v) is 4.52. The van der Waals surface area contributed by atoms with Crippen LogP contribution in [0.25, 0.3) is 0 Å². The molecular weight excluding hydrogens is 178 g/mol. The lowest BCUT2D eigenvalue weighted by Crippen LogP contribution is -2.13. The van der Waals surface area contributed by atoms with Crippen LogP contribution in [0.1, 0.15) is 31.9 Å². The minimum atomic E-state index is -0.103. The second-order valence-electron chi connectivity index (χ2n) is 4.52. The van der Waals surface area contributed by atoms with Gasteiger partial charge < -0.3 is 0 Å². The van der Waals surface area contributed by atoms with Crippen LogP contribution >= 0.6 is 0 Å². The van der Waals surface area contributed by atoms with Gasteiger partial charge in [-0.15, -0.1) is 0 Å². The normalized spacial score (nSPS) is 11.4. The van der Waals surface area contributed by atoms with Crippen molar-refractivity contribution in [2.24, 2.45) is 0 Å². The van der Waals surface area contributed by atoms with E-state index in [0.29, 0.717) is 0 Å². The average Bonchev–Trinajstić information content (AvgIpc) is 2.02. The van der Waals surface area contributed by atoms with Gasteiger partial charge in [-0.3, -0.25) is 0 Å². The van der Waals surface area contributed by atoms with Gasteiger partial charge in [0.2, 0.25) is 0 Å². The van der Waals surface area contributed by atoms with E-state index >= 15 is 0 Å². The summed E-state index contributed by atoms with van der Waals surface area (Å²) < 4.78 is 0. The zero-order valence-electron chi connectivity index (χ0n) is 9.03. The molecule has 0 spiro atoms. The maximum atomic E-state index is 10.7. The van der Waals surface area contributed by atoms with Gasteiger partial charge in [0.15, 0.2) is 0 Å². The Morgan fingerprint density at radius 3 is 2.29 bits per heavy atom. The molecule has 0 fully saturated rings. The molecule has 0 saturated heterocycles. The van der Waals surface area contributed by atoms with Gasteiger partial charge in [0.05, 0.1) is 4.91 Å². The second kappa shape index (κ2) is 3.40. The molecule has 0 atom stereocenters. The molecule has 3 nitrogen and oxygen atoms in total. The maximum absolute atomic E-state index is 10.7. The molecule has 0 radical (unpaired) electrons. The van der Waals surface area contributed by atoms with Crippen LogP contribution in [0, 0.1) is 11.8 Å². The Morgan fingerprint density at radius 2 is 1.86 bits per heavy atom. The van der Waals surface area contributed by atoms with E-state index in [1.54, 1.807) is 12.1 Å². The van der Waals surface area contributed by atoms with Crippen LogP contribution in [0.4, 0.5) is 5.69 Å². The molecule has 0 unspecified atom stereocenters. The van der Waals surface area contributed by atoms with Crippen molar-refractivity contribution >= 4 is 5.69 Å². The fraction of sp³-hybridized carbons (Fsp3) is 0.455. The minimum absolute atomic E-state index is 0.0178. The van der Waals surface area contributed by atoms with Gasteiger partial charge in [-0.25, -0.2) is 5.21 Å². The number of hydrogen-bond acceptors (Lipinski definition) is 1. The molecule has 1 aromatic carbocycles. The number of hydrogen-bond donors (Lipinski definition) is 1. The van der Waals surface area contributed by atoms with Gasteiger partial charge in [0.1, 0.15) is 0 Å². The number of aryl methyl sites for hydroxylation is 1. The van der Waals surface area contributed by atoms with Crippen molar-refractivity contribution in [3.63, 3.8) is 0 Å². The van der Waals surface area contributed by atoms with Gasteiger partial charge in [-0.05, 0) is 23.5 Å². The van der Waals surface area contributed by atoms with Crippen molar-refractivity contribution in [1.29, 1.82) is 0 Å². The van der Waals surface area contributed by atoms with Crippen LogP contribution in [-0.4, -0.2) is 10.1 Å². The highest BCUT2D eigenvalue weighted by Gasteiger charge is 2.21. The smallest absolute Gasteiger partial charge is 0.241 e. The van der Waals surface area contributed by atoms with E-state index in [0.717, 1.165) is 11.1 Å². The lowest BCUT2D eigenvalue weighted by atomic mass is 9.84. The standard InChI is InChI=1S/C11H16NO2/c1-8-5-6-9(12(13)14)7-10(8)11(2,3)4/h5-7H,1-4H3,(H,13,14)/q+1. The Balaban J connectivity index is 3.29. The van der Waals surface area contributed by atoms with E-state index in [1.807, 2.05) is 13.0 Å². The highest BCUT2D eigenvalue weighted by molar-refractivity contribution is 5.42. The molecule has 3 heteroatoms. The maximum Gasteiger partial charge on any atom is 0.316 e. The molecule has 1 rings (SSSR count). The molecule has 1 aromatic rings.